The number of amides is 1. The minimum absolute atomic E-state index is 0.132. The van der Waals surface area contributed by atoms with Gasteiger partial charge in [0.25, 0.3) is 5.91 Å². The van der Waals surface area contributed by atoms with E-state index < -0.39 is 0 Å². The van der Waals surface area contributed by atoms with Crippen LogP contribution in [0.1, 0.15) is 48.1 Å². The molecule has 154 valence electrons. The van der Waals surface area contributed by atoms with Gasteiger partial charge in [-0.05, 0) is 77.1 Å². The largest absolute Gasteiger partial charge is 0.453 e. The van der Waals surface area contributed by atoms with Crippen molar-refractivity contribution in [2.24, 2.45) is 0 Å². The van der Waals surface area contributed by atoms with Crippen LogP contribution in [0.3, 0.4) is 0 Å². The summed E-state index contributed by atoms with van der Waals surface area (Å²) < 4.78 is 7.78. The fraction of sp³-hybridized carbons (Fsp3) is 0.261. The van der Waals surface area contributed by atoms with Crippen LogP contribution in [0.2, 0.25) is 5.02 Å². The van der Waals surface area contributed by atoms with Crippen molar-refractivity contribution in [3.8, 4) is 23.3 Å². The molecule has 0 fully saturated rings. The second kappa shape index (κ2) is 8.21. The number of nitrogens with zero attached hydrogens (tertiary/aromatic N) is 3. The third kappa shape index (κ3) is 4.64. The van der Waals surface area contributed by atoms with Gasteiger partial charge in [0, 0.05) is 11.1 Å². The quantitative estimate of drug-likeness (QED) is 0.615. The lowest BCUT2D eigenvalue weighted by atomic mass is 10.1. The maximum absolute atomic E-state index is 12.3. The summed E-state index contributed by atoms with van der Waals surface area (Å²) in [5, 5.41) is 16.9. The van der Waals surface area contributed by atoms with E-state index in [1.54, 1.807) is 47.1 Å². The van der Waals surface area contributed by atoms with Crippen molar-refractivity contribution in [3.63, 3.8) is 0 Å². The van der Waals surface area contributed by atoms with Crippen LogP contribution in [-0.2, 0) is 0 Å². The smallest absolute Gasteiger partial charge is 0.251 e. The summed E-state index contributed by atoms with van der Waals surface area (Å²) in [5.41, 5.74) is 2.92. The molecular weight excluding hydrogens is 400 g/mol. The number of nitrogens with one attached hydrogen (secondary N) is 1. The Kier molecular flexibility index (Phi) is 5.86. The predicted molar refractivity (Wildman–Crippen MR) is 116 cm³/mol. The Morgan fingerprint density at radius 3 is 2.40 bits per heavy atom. The van der Waals surface area contributed by atoms with Crippen LogP contribution in [0.25, 0.3) is 5.69 Å². The Hall–Kier alpha value is -3.30. The lowest BCUT2D eigenvalue weighted by Crippen LogP contribution is -2.40. The number of ether oxygens (including phenoxy) is 1. The molecule has 2 aromatic carbocycles. The Balaban J connectivity index is 1.84. The van der Waals surface area contributed by atoms with E-state index in [0.29, 0.717) is 33.3 Å². The van der Waals surface area contributed by atoms with E-state index in [1.165, 1.54) is 0 Å². The molecule has 0 saturated heterocycles. The van der Waals surface area contributed by atoms with Crippen LogP contribution in [0.15, 0.2) is 42.5 Å². The third-order valence-corrected chi connectivity index (χ3v) is 4.68. The van der Waals surface area contributed by atoms with E-state index in [2.05, 4.69) is 10.4 Å². The summed E-state index contributed by atoms with van der Waals surface area (Å²) in [6, 6.07) is 14.2. The van der Waals surface area contributed by atoms with Crippen LogP contribution >= 0.6 is 11.6 Å². The van der Waals surface area contributed by atoms with Crippen molar-refractivity contribution >= 4 is 17.5 Å². The first-order valence-electron chi connectivity index (χ1n) is 9.46. The predicted octanol–water partition coefficient (Wildman–Crippen LogP) is 5.33. The van der Waals surface area contributed by atoms with Gasteiger partial charge in [0.2, 0.25) is 0 Å². The SMILES string of the molecule is Cc1nn(-c2ccc(C#N)c(Cl)c2)c(C)c1Oc1ccc(C(=O)NC(C)(C)C)cc1. The van der Waals surface area contributed by atoms with Crippen LogP contribution in [0.4, 0.5) is 0 Å². The van der Waals surface area contributed by atoms with E-state index >= 15 is 0 Å². The molecule has 0 aliphatic heterocycles. The minimum atomic E-state index is -0.302. The average molecular weight is 423 g/mol. The molecule has 0 spiro atoms. The first kappa shape index (κ1) is 21.4. The normalized spacial score (nSPS) is 11.1. The van der Waals surface area contributed by atoms with Crippen molar-refractivity contribution in [2.75, 3.05) is 0 Å². The zero-order chi connectivity index (χ0) is 22.1. The molecule has 30 heavy (non-hydrogen) atoms. The summed E-state index contributed by atoms with van der Waals surface area (Å²) in [5.74, 6) is 1.10. The van der Waals surface area contributed by atoms with Gasteiger partial charge in [-0.1, -0.05) is 11.6 Å². The van der Waals surface area contributed by atoms with Crippen molar-refractivity contribution < 1.29 is 9.53 Å². The molecule has 0 aliphatic carbocycles. The molecule has 0 saturated carbocycles. The number of halogens is 1. The van der Waals surface area contributed by atoms with Gasteiger partial charge in [0.1, 0.15) is 17.5 Å². The fourth-order valence-electron chi connectivity index (χ4n) is 2.96. The van der Waals surface area contributed by atoms with E-state index in [1.807, 2.05) is 40.7 Å². The number of benzene rings is 2. The Morgan fingerprint density at radius 2 is 1.83 bits per heavy atom. The van der Waals surface area contributed by atoms with Gasteiger partial charge in [-0.3, -0.25) is 4.79 Å². The maximum Gasteiger partial charge on any atom is 0.251 e. The van der Waals surface area contributed by atoms with E-state index in [-0.39, 0.29) is 11.4 Å². The monoisotopic (exact) mass is 422 g/mol. The molecule has 3 rings (SSSR count). The molecule has 1 aromatic heterocycles. The van der Waals surface area contributed by atoms with Gasteiger partial charge in [-0.25, -0.2) is 4.68 Å². The minimum Gasteiger partial charge on any atom is -0.453 e. The number of nitriles is 1. The standard InChI is InChI=1S/C23H23ClN4O2/c1-14-21(15(2)28(27-14)18-9-6-17(13-25)20(24)12-18)30-19-10-7-16(8-11-19)22(29)26-23(3,4)5/h6-12H,1-5H3,(H,26,29). The number of hydrogen-bond donors (Lipinski definition) is 1. The molecule has 1 amide bonds. The van der Waals surface area contributed by atoms with Gasteiger partial charge >= 0.3 is 0 Å². The molecule has 0 radical (unpaired) electrons. The summed E-state index contributed by atoms with van der Waals surface area (Å²) in [6.07, 6.45) is 0. The van der Waals surface area contributed by atoms with Crippen molar-refractivity contribution in [2.45, 2.75) is 40.2 Å². The first-order chi connectivity index (χ1) is 14.1. The lowest BCUT2D eigenvalue weighted by Gasteiger charge is -2.20. The number of carbonyl (C=O) groups is 1. The fourth-order valence-corrected chi connectivity index (χ4v) is 3.18. The van der Waals surface area contributed by atoms with Gasteiger partial charge in [0.05, 0.1) is 22.0 Å². The van der Waals surface area contributed by atoms with E-state index in [9.17, 15) is 4.79 Å². The van der Waals surface area contributed by atoms with Gasteiger partial charge in [-0.2, -0.15) is 10.4 Å². The number of aryl methyl sites for hydroxylation is 1. The van der Waals surface area contributed by atoms with Gasteiger partial charge < -0.3 is 10.1 Å². The molecule has 7 heteroatoms. The summed E-state index contributed by atoms with van der Waals surface area (Å²) >= 11 is 6.16. The van der Waals surface area contributed by atoms with Gasteiger partial charge in [0.15, 0.2) is 5.75 Å². The molecule has 0 aliphatic rings. The second-order valence-corrected chi connectivity index (χ2v) is 8.43. The van der Waals surface area contributed by atoms with Crippen LogP contribution in [0.5, 0.6) is 11.5 Å². The van der Waals surface area contributed by atoms with Gasteiger partial charge in [-0.15, -0.1) is 0 Å². The number of aromatic nitrogens is 2. The molecule has 0 unspecified atom stereocenters. The third-order valence-electron chi connectivity index (χ3n) is 4.37. The second-order valence-electron chi connectivity index (χ2n) is 8.02. The van der Waals surface area contributed by atoms with Crippen LogP contribution in [0, 0.1) is 25.2 Å². The van der Waals surface area contributed by atoms with Crippen molar-refractivity contribution in [3.05, 3.63) is 70.0 Å². The molecule has 3 aromatic rings. The first-order valence-corrected chi connectivity index (χ1v) is 9.83. The van der Waals surface area contributed by atoms with Crippen LogP contribution < -0.4 is 10.1 Å². The molecule has 1 N–H and O–H groups in total. The highest BCUT2D eigenvalue weighted by Gasteiger charge is 2.18. The molecular formula is C23H23ClN4O2. The molecule has 1 heterocycles. The highest BCUT2D eigenvalue weighted by atomic mass is 35.5. The average Bonchev–Trinajstić information content (AvgIpc) is 2.95. The van der Waals surface area contributed by atoms with Crippen molar-refractivity contribution in [1.82, 2.24) is 15.1 Å². The number of carbonyl (C=O) groups excluding carboxylic acids is 1. The maximum atomic E-state index is 12.3. The Morgan fingerprint density at radius 1 is 1.17 bits per heavy atom. The molecule has 6 nitrogen and oxygen atoms in total. The zero-order valence-corrected chi connectivity index (χ0v) is 18.3. The van der Waals surface area contributed by atoms with Crippen molar-refractivity contribution in [1.29, 1.82) is 5.26 Å². The topological polar surface area (TPSA) is 79.9 Å². The molecule has 0 bridgehead atoms. The zero-order valence-electron chi connectivity index (χ0n) is 17.6. The lowest BCUT2D eigenvalue weighted by molar-refractivity contribution is 0.0919. The number of hydrogen-bond acceptors (Lipinski definition) is 4. The summed E-state index contributed by atoms with van der Waals surface area (Å²) in [7, 11) is 0. The van der Waals surface area contributed by atoms with E-state index in [4.69, 9.17) is 21.6 Å². The van der Waals surface area contributed by atoms with E-state index in [0.717, 1.165) is 11.4 Å². The Bertz CT molecular complexity index is 1140. The van der Waals surface area contributed by atoms with Crippen LogP contribution in [-0.4, -0.2) is 21.2 Å². The molecule has 0 atom stereocenters. The highest BCUT2D eigenvalue weighted by Crippen LogP contribution is 2.31. The highest BCUT2D eigenvalue weighted by molar-refractivity contribution is 6.31. The summed E-state index contributed by atoms with van der Waals surface area (Å²) in [6.45, 7) is 9.56. The summed E-state index contributed by atoms with van der Waals surface area (Å²) in [4.78, 5) is 12.3. The Labute approximate surface area is 181 Å². The number of rotatable bonds is 4.